The van der Waals surface area contributed by atoms with Crippen molar-refractivity contribution < 1.29 is 14.3 Å². The van der Waals surface area contributed by atoms with Gasteiger partial charge in [-0.1, -0.05) is 28.1 Å². The number of benzene rings is 1. The minimum Gasteiger partial charge on any atom is -0.465 e. The third kappa shape index (κ3) is 2.48. The summed E-state index contributed by atoms with van der Waals surface area (Å²) in [4.78, 5) is 25.5. The Bertz CT molecular complexity index is 601. The summed E-state index contributed by atoms with van der Waals surface area (Å²) in [5.74, 6) is -0.272. The van der Waals surface area contributed by atoms with Crippen LogP contribution in [0, 0.1) is 0 Å². The maximum absolute atomic E-state index is 12.3. The Morgan fingerprint density at radius 2 is 2.29 bits per heavy atom. The van der Waals surface area contributed by atoms with Crippen molar-refractivity contribution in [3.05, 3.63) is 33.8 Å². The molecule has 1 aliphatic carbocycles. The lowest BCUT2D eigenvalue weighted by Crippen LogP contribution is -2.34. The first-order valence-corrected chi connectivity index (χ1v) is 8.06. The predicted octanol–water partition coefficient (Wildman–Crippen LogP) is 2.43. The molecule has 0 radical (unpaired) electrons. The number of amides is 1. The van der Waals surface area contributed by atoms with E-state index in [1.165, 1.54) is 11.1 Å². The summed E-state index contributed by atoms with van der Waals surface area (Å²) in [6.45, 7) is 2.81. The van der Waals surface area contributed by atoms with Gasteiger partial charge in [-0.2, -0.15) is 0 Å². The minimum atomic E-state index is -0.324. The lowest BCUT2D eigenvalue weighted by atomic mass is 9.81. The topological polar surface area (TPSA) is 46.6 Å². The summed E-state index contributed by atoms with van der Waals surface area (Å²) in [5.41, 5.74) is 2.45. The molecule has 0 bridgehead atoms. The van der Waals surface area contributed by atoms with Crippen molar-refractivity contribution in [1.82, 2.24) is 4.90 Å². The van der Waals surface area contributed by atoms with Crippen LogP contribution >= 0.6 is 15.9 Å². The Kier molecular flexibility index (Phi) is 3.78. The van der Waals surface area contributed by atoms with Gasteiger partial charge in [-0.15, -0.1) is 0 Å². The molecule has 1 atom stereocenters. The van der Waals surface area contributed by atoms with Gasteiger partial charge < -0.3 is 9.64 Å². The average Bonchev–Trinajstić information content (AvgIpc) is 2.94. The molecule has 2 aliphatic rings. The van der Waals surface area contributed by atoms with Gasteiger partial charge in [0.2, 0.25) is 5.91 Å². The first kappa shape index (κ1) is 14.6. The monoisotopic (exact) mass is 351 g/mol. The molecule has 0 N–H and O–H groups in total. The lowest BCUT2D eigenvalue weighted by molar-refractivity contribution is -0.147. The number of hydrogen-bond donors (Lipinski definition) is 0. The molecule has 21 heavy (non-hydrogen) atoms. The molecule has 112 valence electrons. The second kappa shape index (κ2) is 5.44. The number of fused-ring (bicyclic) bond motifs is 2. The zero-order valence-corrected chi connectivity index (χ0v) is 13.6. The van der Waals surface area contributed by atoms with E-state index in [0.29, 0.717) is 19.6 Å². The summed E-state index contributed by atoms with van der Waals surface area (Å²) in [6, 6.07) is 6.19. The smallest absolute Gasteiger partial charge is 0.325 e. The normalized spacial score (nSPS) is 23.7. The minimum absolute atomic E-state index is 0.0517. The Morgan fingerprint density at radius 1 is 1.48 bits per heavy atom. The second-order valence-corrected chi connectivity index (χ2v) is 6.63. The van der Waals surface area contributed by atoms with Crippen LogP contribution in [0.2, 0.25) is 0 Å². The van der Waals surface area contributed by atoms with E-state index in [9.17, 15) is 9.59 Å². The van der Waals surface area contributed by atoms with E-state index in [4.69, 9.17) is 4.74 Å². The molecule has 1 heterocycles. The lowest BCUT2D eigenvalue weighted by Gasteiger charge is -2.24. The van der Waals surface area contributed by atoms with E-state index in [0.717, 1.165) is 17.3 Å². The van der Waals surface area contributed by atoms with E-state index >= 15 is 0 Å². The van der Waals surface area contributed by atoms with Gasteiger partial charge in [0.1, 0.15) is 6.54 Å². The highest BCUT2D eigenvalue weighted by Gasteiger charge is 2.48. The van der Waals surface area contributed by atoms with Crippen LogP contribution in [0.25, 0.3) is 0 Å². The number of ether oxygens (including phenoxy) is 1. The van der Waals surface area contributed by atoms with Gasteiger partial charge in [-0.3, -0.25) is 9.59 Å². The Morgan fingerprint density at radius 3 is 3.05 bits per heavy atom. The van der Waals surface area contributed by atoms with E-state index in [2.05, 4.69) is 22.0 Å². The summed E-state index contributed by atoms with van der Waals surface area (Å²) >= 11 is 3.60. The predicted molar refractivity (Wildman–Crippen MR) is 82.0 cm³/mol. The number of nitrogens with zero attached hydrogens (tertiary/aromatic N) is 1. The quantitative estimate of drug-likeness (QED) is 0.785. The molecule has 0 saturated carbocycles. The standard InChI is InChI=1S/C16H18BrNO3/c1-2-21-15(20)9-18-10-16(8-14(18)19)7-6-11-12(16)4-3-5-13(11)17/h3-5H,2,6-10H2,1H3. The summed E-state index contributed by atoms with van der Waals surface area (Å²) in [6.07, 6.45) is 2.45. The highest BCUT2D eigenvalue weighted by molar-refractivity contribution is 9.10. The number of halogens is 1. The van der Waals surface area contributed by atoms with Crippen LogP contribution in [0.5, 0.6) is 0 Å². The van der Waals surface area contributed by atoms with Crippen LogP contribution < -0.4 is 0 Å². The summed E-state index contributed by atoms with van der Waals surface area (Å²) in [7, 11) is 0. The van der Waals surface area contributed by atoms with Gasteiger partial charge in [-0.25, -0.2) is 0 Å². The van der Waals surface area contributed by atoms with Crippen LogP contribution in [-0.4, -0.2) is 36.5 Å². The molecule has 1 amide bonds. The molecule has 1 aromatic carbocycles. The van der Waals surface area contributed by atoms with Gasteiger partial charge >= 0.3 is 5.97 Å². The van der Waals surface area contributed by atoms with Crippen LogP contribution in [0.1, 0.15) is 30.9 Å². The van der Waals surface area contributed by atoms with Crippen LogP contribution in [0.3, 0.4) is 0 Å². The van der Waals surface area contributed by atoms with Crippen molar-refractivity contribution >= 4 is 27.8 Å². The highest BCUT2D eigenvalue weighted by Crippen LogP contribution is 2.47. The van der Waals surface area contributed by atoms with E-state index in [1.807, 2.05) is 12.1 Å². The average molecular weight is 352 g/mol. The Hall–Kier alpha value is -1.36. The maximum Gasteiger partial charge on any atom is 0.325 e. The maximum atomic E-state index is 12.3. The van der Waals surface area contributed by atoms with Gasteiger partial charge in [0.25, 0.3) is 0 Å². The molecule has 1 fully saturated rings. The van der Waals surface area contributed by atoms with Gasteiger partial charge in [0.05, 0.1) is 6.61 Å². The first-order valence-electron chi connectivity index (χ1n) is 7.27. The summed E-state index contributed by atoms with van der Waals surface area (Å²) < 4.78 is 6.07. The van der Waals surface area contributed by atoms with Crippen LogP contribution in [-0.2, 0) is 26.2 Å². The first-order chi connectivity index (χ1) is 10.1. The number of esters is 1. The zero-order valence-electron chi connectivity index (χ0n) is 12.0. The fourth-order valence-corrected chi connectivity index (χ4v) is 4.14. The third-order valence-corrected chi connectivity index (χ3v) is 5.25. The van der Waals surface area contributed by atoms with E-state index in [1.54, 1.807) is 11.8 Å². The van der Waals surface area contributed by atoms with Crippen molar-refractivity contribution in [3.8, 4) is 0 Å². The van der Waals surface area contributed by atoms with Crippen molar-refractivity contribution in [2.45, 2.75) is 31.6 Å². The zero-order chi connectivity index (χ0) is 15.0. The van der Waals surface area contributed by atoms with Crippen LogP contribution in [0.4, 0.5) is 0 Å². The number of hydrogen-bond acceptors (Lipinski definition) is 3. The SMILES string of the molecule is CCOC(=O)CN1CC2(CCc3c(Br)cccc32)CC1=O. The van der Waals surface area contributed by atoms with Crippen molar-refractivity contribution in [3.63, 3.8) is 0 Å². The van der Waals surface area contributed by atoms with E-state index < -0.39 is 0 Å². The number of carbonyl (C=O) groups excluding carboxylic acids is 2. The molecular weight excluding hydrogens is 334 g/mol. The molecule has 4 nitrogen and oxygen atoms in total. The van der Waals surface area contributed by atoms with Gasteiger partial charge in [0.15, 0.2) is 0 Å². The molecule has 5 heteroatoms. The molecule has 1 spiro atoms. The molecule has 0 aromatic heterocycles. The van der Waals surface area contributed by atoms with Crippen molar-refractivity contribution in [2.75, 3.05) is 19.7 Å². The number of rotatable bonds is 3. The molecule has 1 aliphatic heterocycles. The summed E-state index contributed by atoms with van der Waals surface area (Å²) in [5, 5.41) is 0. The van der Waals surface area contributed by atoms with E-state index in [-0.39, 0.29) is 23.8 Å². The molecule has 1 unspecified atom stereocenters. The molecular formula is C16H18BrNO3. The number of carbonyl (C=O) groups is 2. The molecule has 3 rings (SSSR count). The Balaban J connectivity index is 1.83. The number of likely N-dealkylation sites (tertiary alicyclic amines) is 1. The Labute approximate surface area is 132 Å². The van der Waals surface area contributed by atoms with Gasteiger partial charge in [-0.05, 0) is 37.0 Å². The largest absolute Gasteiger partial charge is 0.465 e. The fraction of sp³-hybridized carbons (Fsp3) is 0.500. The van der Waals surface area contributed by atoms with Crippen molar-refractivity contribution in [1.29, 1.82) is 0 Å². The second-order valence-electron chi connectivity index (χ2n) is 5.78. The van der Waals surface area contributed by atoms with Gasteiger partial charge in [0, 0.05) is 22.9 Å². The third-order valence-electron chi connectivity index (χ3n) is 4.50. The molecule has 1 saturated heterocycles. The van der Waals surface area contributed by atoms with Crippen LogP contribution in [0.15, 0.2) is 22.7 Å². The molecule has 1 aromatic rings. The fourth-order valence-electron chi connectivity index (χ4n) is 3.57. The highest BCUT2D eigenvalue weighted by atomic mass is 79.9. The van der Waals surface area contributed by atoms with Crippen molar-refractivity contribution in [2.24, 2.45) is 0 Å².